The molecular formula is C19H24N2O3. The van der Waals surface area contributed by atoms with Crippen molar-refractivity contribution in [1.82, 2.24) is 5.32 Å². The van der Waals surface area contributed by atoms with Gasteiger partial charge < -0.3 is 15.2 Å². The topological polar surface area (TPSA) is 70.9 Å². The van der Waals surface area contributed by atoms with E-state index in [4.69, 9.17) is 4.74 Å². The summed E-state index contributed by atoms with van der Waals surface area (Å²) in [6, 6.07) is 5.15. The Morgan fingerprint density at radius 1 is 1.33 bits per heavy atom. The van der Waals surface area contributed by atoms with Crippen molar-refractivity contribution in [3.63, 3.8) is 0 Å². The minimum atomic E-state index is -1.11. The van der Waals surface area contributed by atoms with Gasteiger partial charge in [0.15, 0.2) is 0 Å². The standard InChI is InChI=1S/C19H24N2O3/c1-5-7-15-16(8-6-2)24-18(20-15)17(21-19(22)23)14-10-9-12(3)13(4)11-14/h5-6,9-11,15-17,21H,1-2,7-8H2,3-4H3,(H,22,23). The molecule has 0 spiro atoms. The maximum atomic E-state index is 11.3. The minimum absolute atomic E-state index is 0.0693. The third kappa shape index (κ3) is 4.04. The molecule has 1 amide bonds. The summed E-state index contributed by atoms with van der Waals surface area (Å²) in [4.78, 5) is 15.9. The molecule has 1 heterocycles. The lowest BCUT2D eigenvalue weighted by Crippen LogP contribution is -2.33. The Morgan fingerprint density at radius 3 is 2.62 bits per heavy atom. The molecule has 1 aliphatic rings. The van der Waals surface area contributed by atoms with Crippen LogP contribution in [0.4, 0.5) is 4.79 Å². The van der Waals surface area contributed by atoms with Crippen LogP contribution in [0.2, 0.25) is 0 Å². The van der Waals surface area contributed by atoms with Crippen LogP contribution in [-0.2, 0) is 4.74 Å². The first-order valence-electron chi connectivity index (χ1n) is 7.99. The molecule has 2 N–H and O–H groups in total. The van der Waals surface area contributed by atoms with Crippen molar-refractivity contribution in [3.8, 4) is 0 Å². The van der Waals surface area contributed by atoms with Gasteiger partial charge >= 0.3 is 6.09 Å². The molecule has 24 heavy (non-hydrogen) atoms. The summed E-state index contributed by atoms with van der Waals surface area (Å²) in [5, 5.41) is 11.7. The number of carboxylic acid groups (broad SMARTS) is 1. The molecule has 0 bridgehead atoms. The number of benzene rings is 1. The second kappa shape index (κ2) is 7.81. The van der Waals surface area contributed by atoms with Crippen molar-refractivity contribution < 1.29 is 14.6 Å². The SMILES string of the molecule is C=CCC1N=C(C(NC(=O)O)c2ccc(C)c(C)c2)OC1CC=C. The number of carbonyl (C=O) groups is 1. The number of nitrogens with zero attached hydrogens (tertiary/aromatic N) is 1. The number of rotatable bonds is 7. The van der Waals surface area contributed by atoms with Gasteiger partial charge in [0.1, 0.15) is 12.1 Å². The molecule has 1 aromatic carbocycles. The summed E-state index contributed by atoms with van der Waals surface area (Å²) in [5.41, 5.74) is 3.06. The van der Waals surface area contributed by atoms with Crippen LogP contribution in [0.15, 0.2) is 48.5 Å². The Morgan fingerprint density at radius 2 is 2.04 bits per heavy atom. The van der Waals surface area contributed by atoms with E-state index in [-0.39, 0.29) is 12.1 Å². The van der Waals surface area contributed by atoms with Crippen LogP contribution < -0.4 is 5.32 Å². The average molecular weight is 328 g/mol. The molecule has 0 saturated carbocycles. The third-order valence-corrected chi connectivity index (χ3v) is 4.18. The summed E-state index contributed by atoms with van der Waals surface area (Å²) in [6.45, 7) is 11.5. The fourth-order valence-electron chi connectivity index (χ4n) is 2.75. The normalized spacial score (nSPS) is 20.7. The van der Waals surface area contributed by atoms with Gasteiger partial charge in [0.2, 0.25) is 5.90 Å². The smallest absolute Gasteiger partial charge is 0.405 e. The van der Waals surface area contributed by atoms with Crippen LogP contribution in [-0.4, -0.2) is 29.2 Å². The van der Waals surface area contributed by atoms with E-state index in [1.54, 1.807) is 12.2 Å². The van der Waals surface area contributed by atoms with Gasteiger partial charge in [0, 0.05) is 6.42 Å². The van der Waals surface area contributed by atoms with E-state index in [1.165, 1.54) is 0 Å². The van der Waals surface area contributed by atoms with Crippen molar-refractivity contribution in [2.45, 2.75) is 44.9 Å². The van der Waals surface area contributed by atoms with Crippen molar-refractivity contribution in [2.24, 2.45) is 4.99 Å². The number of nitrogens with one attached hydrogen (secondary N) is 1. The predicted molar refractivity (Wildman–Crippen MR) is 95.5 cm³/mol. The number of ether oxygens (including phenoxy) is 1. The lowest BCUT2D eigenvalue weighted by molar-refractivity contribution is 0.177. The van der Waals surface area contributed by atoms with E-state index >= 15 is 0 Å². The van der Waals surface area contributed by atoms with Gasteiger partial charge in [-0.25, -0.2) is 9.79 Å². The molecule has 5 nitrogen and oxygen atoms in total. The first-order valence-corrected chi connectivity index (χ1v) is 7.99. The van der Waals surface area contributed by atoms with Crippen LogP contribution in [0.3, 0.4) is 0 Å². The molecule has 1 aromatic rings. The van der Waals surface area contributed by atoms with Crippen LogP contribution >= 0.6 is 0 Å². The Hall–Kier alpha value is -2.56. The molecule has 0 aliphatic carbocycles. The quantitative estimate of drug-likeness (QED) is 0.745. The lowest BCUT2D eigenvalue weighted by atomic mass is 10.0. The van der Waals surface area contributed by atoms with Crippen molar-refractivity contribution >= 4 is 12.0 Å². The van der Waals surface area contributed by atoms with E-state index in [0.29, 0.717) is 18.7 Å². The Kier molecular flexibility index (Phi) is 5.79. The zero-order valence-electron chi connectivity index (χ0n) is 14.2. The maximum absolute atomic E-state index is 11.3. The molecule has 2 rings (SSSR count). The monoisotopic (exact) mass is 328 g/mol. The Labute approximate surface area is 142 Å². The number of hydrogen-bond acceptors (Lipinski definition) is 3. The Bertz CT molecular complexity index is 667. The largest absolute Gasteiger partial charge is 0.473 e. The second-order valence-electron chi connectivity index (χ2n) is 5.97. The van der Waals surface area contributed by atoms with Crippen molar-refractivity contribution in [2.75, 3.05) is 0 Å². The van der Waals surface area contributed by atoms with Crippen LogP contribution in [0.5, 0.6) is 0 Å². The van der Waals surface area contributed by atoms with Gasteiger partial charge in [0.05, 0.1) is 6.04 Å². The first kappa shape index (κ1) is 17.8. The molecule has 1 aliphatic heterocycles. The van der Waals surface area contributed by atoms with Gasteiger partial charge in [0.25, 0.3) is 0 Å². The summed E-state index contributed by atoms with van der Waals surface area (Å²) >= 11 is 0. The average Bonchev–Trinajstić information content (AvgIpc) is 2.91. The molecule has 0 radical (unpaired) electrons. The molecular weight excluding hydrogens is 304 g/mol. The molecule has 128 valence electrons. The highest BCUT2D eigenvalue weighted by molar-refractivity contribution is 5.88. The van der Waals surface area contributed by atoms with E-state index in [0.717, 1.165) is 16.7 Å². The van der Waals surface area contributed by atoms with Gasteiger partial charge in [-0.15, -0.1) is 13.2 Å². The van der Waals surface area contributed by atoms with Gasteiger partial charge in [-0.3, -0.25) is 0 Å². The molecule has 5 heteroatoms. The highest BCUT2D eigenvalue weighted by Gasteiger charge is 2.34. The number of amides is 1. The van der Waals surface area contributed by atoms with Gasteiger partial charge in [-0.1, -0.05) is 30.4 Å². The van der Waals surface area contributed by atoms with Gasteiger partial charge in [-0.05, 0) is 37.0 Å². The highest BCUT2D eigenvalue weighted by atomic mass is 16.5. The minimum Gasteiger partial charge on any atom is -0.473 e. The maximum Gasteiger partial charge on any atom is 0.405 e. The van der Waals surface area contributed by atoms with Crippen LogP contribution in [0.25, 0.3) is 0 Å². The molecule has 3 unspecified atom stereocenters. The summed E-state index contributed by atoms with van der Waals surface area (Å²) in [5.74, 6) is 0.402. The second-order valence-corrected chi connectivity index (χ2v) is 5.97. The third-order valence-electron chi connectivity index (χ3n) is 4.18. The number of aliphatic imine (C=N–C) groups is 1. The fraction of sp³-hybridized carbons (Fsp3) is 0.368. The van der Waals surface area contributed by atoms with E-state index in [1.807, 2.05) is 32.0 Å². The van der Waals surface area contributed by atoms with E-state index in [2.05, 4.69) is 23.5 Å². The molecule has 3 atom stereocenters. The fourth-order valence-corrected chi connectivity index (χ4v) is 2.75. The van der Waals surface area contributed by atoms with E-state index in [9.17, 15) is 9.90 Å². The Balaban J connectivity index is 2.34. The van der Waals surface area contributed by atoms with E-state index < -0.39 is 12.1 Å². The highest BCUT2D eigenvalue weighted by Crippen LogP contribution is 2.28. The summed E-state index contributed by atoms with van der Waals surface area (Å²) < 4.78 is 5.96. The predicted octanol–water partition coefficient (Wildman–Crippen LogP) is 3.93. The zero-order chi connectivity index (χ0) is 17.7. The summed E-state index contributed by atoms with van der Waals surface area (Å²) in [7, 11) is 0. The first-order chi connectivity index (χ1) is 11.5. The molecule has 0 saturated heterocycles. The summed E-state index contributed by atoms with van der Waals surface area (Å²) in [6.07, 6.45) is 3.66. The van der Waals surface area contributed by atoms with Gasteiger partial charge in [-0.2, -0.15) is 0 Å². The number of aryl methyl sites for hydroxylation is 2. The zero-order valence-corrected chi connectivity index (χ0v) is 14.2. The molecule has 0 fully saturated rings. The lowest BCUT2D eigenvalue weighted by Gasteiger charge is -2.20. The molecule has 0 aromatic heterocycles. The van der Waals surface area contributed by atoms with Crippen LogP contribution in [0, 0.1) is 13.8 Å². The van der Waals surface area contributed by atoms with Crippen LogP contribution in [0.1, 0.15) is 35.6 Å². The number of hydrogen-bond donors (Lipinski definition) is 2. The van der Waals surface area contributed by atoms with Crippen molar-refractivity contribution in [3.05, 3.63) is 60.2 Å². The van der Waals surface area contributed by atoms with Crippen molar-refractivity contribution in [1.29, 1.82) is 0 Å².